The maximum Gasteiger partial charge on any atom is 0.321 e. The molecule has 0 radical (unpaired) electrons. The van der Waals surface area contributed by atoms with Crippen LogP contribution in [0, 0.1) is 0 Å². The van der Waals surface area contributed by atoms with E-state index in [1.807, 2.05) is 30.3 Å². The fraction of sp³-hybridized carbons (Fsp3) is 0.300. The van der Waals surface area contributed by atoms with Gasteiger partial charge in [-0.2, -0.15) is 0 Å². The van der Waals surface area contributed by atoms with Gasteiger partial charge in [-0.1, -0.05) is 36.4 Å². The molecule has 7 heteroatoms. The summed E-state index contributed by atoms with van der Waals surface area (Å²) in [6, 6.07) is 16.8. The summed E-state index contributed by atoms with van der Waals surface area (Å²) in [4.78, 5) is 27.9. The van der Waals surface area contributed by atoms with E-state index in [-0.39, 0.29) is 24.3 Å². The van der Waals surface area contributed by atoms with Gasteiger partial charge in [0.15, 0.2) is 0 Å². The normalized spacial score (nSPS) is 9.89. The van der Waals surface area contributed by atoms with E-state index < -0.39 is 0 Å². The number of carbonyl (C=O) groups is 2. The Kier molecular flexibility index (Phi) is 9.33. The quantitative estimate of drug-likeness (QED) is 0.763. The minimum absolute atomic E-state index is 0. The monoisotopic (exact) mass is 390 g/mol. The van der Waals surface area contributed by atoms with Crippen LogP contribution in [-0.4, -0.2) is 55.5 Å². The molecular weight excluding hydrogens is 364 g/mol. The summed E-state index contributed by atoms with van der Waals surface area (Å²) in [5, 5.41) is 2.76. The minimum atomic E-state index is -0.238. The molecule has 6 nitrogen and oxygen atoms in total. The van der Waals surface area contributed by atoms with Crippen molar-refractivity contribution in [2.75, 3.05) is 39.0 Å². The fourth-order valence-electron chi connectivity index (χ4n) is 2.53. The number of anilines is 1. The molecule has 2 rings (SSSR count). The third-order valence-corrected chi connectivity index (χ3v) is 3.97. The molecule has 0 aliphatic heterocycles. The van der Waals surface area contributed by atoms with Gasteiger partial charge in [0.25, 0.3) is 5.91 Å². The van der Waals surface area contributed by atoms with Crippen LogP contribution in [0.3, 0.4) is 0 Å². The van der Waals surface area contributed by atoms with Crippen molar-refractivity contribution in [3.05, 3.63) is 65.7 Å². The van der Waals surface area contributed by atoms with E-state index in [1.165, 1.54) is 10.5 Å². The number of nitrogens with zero attached hydrogens (tertiary/aromatic N) is 2. The van der Waals surface area contributed by atoms with E-state index in [1.54, 1.807) is 43.3 Å². The van der Waals surface area contributed by atoms with Crippen molar-refractivity contribution < 1.29 is 9.59 Å². The summed E-state index contributed by atoms with van der Waals surface area (Å²) in [5.41, 5.74) is 7.98. The molecule has 0 unspecified atom stereocenters. The molecule has 146 valence electrons. The van der Waals surface area contributed by atoms with Gasteiger partial charge in [0.1, 0.15) is 0 Å². The van der Waals surface area contributed by atoms with Gasteiger partial charge in [0.2, 0.25) is 0 Å². The van der Waals surface area contributed by atoms with Gasteiger partial charge in [-0.15, -0.1) is 12.4 Å². The van der Waals surface area contributed by atoms with Gasteiger partial charge in [-0.25, -0.2) is 4.79 Å². The molecule has 0 heterocycles. The van der Waals surface area contributed by atoms with Crippen molar-refractivity contribution >= 4 is 30.0 Å². The first-order valence-electron chi connectivity index (χ1n) is 8.63. The van der Waals surface area contributed by atoms with Crippen LogP contribution in [-0.2, 0) is 6.42 Å². The number of benzene rings is 2. The number of halogens is 1. The van der Waals surface area contributed by atoms with Crippen LogP contribution in [0.1, 0.15) is 15.9 Å². The maximum absolute atomic E-state index is 12.9. The predicted octanol–water partition coefficient (Wildman–Crippen LogP) is 2.85. The average Bonchev–Trinajstić information content (AvgIpc) is 2.65. The lowest BCUT2D eigenvalue weighted by atomic mass is 10.1. The van der Waals surface area contributed by atoms with Crippen LogP contribution in [0.2, 0.25) is 0 Å². The highest BCUT2D eigenvalue weighted by atomic mass is 35.5. The van der Waals surface area contributed by atoms with E-state index in [9.17, 15) is 9.59 Å². The number of amides is 3. The lowest BCUT2D eigenvalue weighted by Crippen LogP contribution is -2.37. The van der Waals surface area contributed by atoms with Crippen molar-refractivity contribution in [1.29, 1.82) is 0 Å². The predicted molar refractivity (Wildman–Crippen MR) is 111 cm³/mol. The first-order valence-corrected chi connectivity index (χ1v) is 8.63. The number of rotatable bonds is 7. The number of hydrogen-bond acceptors (Lipinski definition) is 3. The molecule has 0 spiro atoms. The molecule has 2 aromatic carbocycles. The van der Waals surface area contributed by atoms with Gasteiger partial charge >= 0.3 is 6.03 Å². The Morgan fingerprint density at radius 2 is 1.70 bits per heavy atom. The van der Waals surface area contributed by atoms with Gasteiger partial charge in [0.05, 0.1) is 0 Å². The van der Waals surface area contributed by atoms with Gasteiger partial charge in [0, 0.05) is 45.0 Å². The molecule has 0 saturated carbocycles. The average molecular weight is 391 g/mol. The van der Waals surface area contributed by atoms with Gasteiger partial charge in [-0.3, -0.25) is 4.79 Å². The lowest BCUT2D eigenvalue weighted by Gasteiger charge is -2.22. The topological polar surface area (TPSA) is 78.7 Å². The number of nitrogens with two attached hydrogens (primary N) is 1. The van der Waals surface area contributed by atoms with E-state index in [4.69, 9.17) is 5.73 Å². The Morgan fingerprint density at radius 1 is 1.00 bits per heavy atom. The van der Waals surface area contributed by atoms with Gasteiger partial charge < -0.3 is 20.9 Å². The smallest absolute Gasteiger partial charge is 0.321 e. The van der Waals surface area contributed by atoms with E-state index in [0.29, 0.717) is 30.9 Å². The number of urea groups is 1. The Balaban J connectivity index is 0.00000364. The van der Waals surface area contributed by atoms with Crippen molar-refractivity contribution in [3.63, 3.8) is 0 Å². The molecule has 27 heavy (non-hydrogen) atoms. The zero-order valence-corrected chi connectivity index (χ0v) is 16.5. The van der Waals surface area contributed by atoms with Crippen LogP contribution in [0.25, 0.3) is 0 Å². The largest absolute Gasteiger partial charge is 0.337 e. The second-order valence-corrected chi connectivity index (χ2v) is 6.22. The Hall–Kier alpha value is -2.57. The molecule has 3 N–H and O–H groups in total. The Labute approximate surface area is 166 Å². The summed E-state index contributed by atoms with van der Waals surface area (Å²) in [7, 11) is 3.33. The van der Waals surface area contributed by atoms with Crippen molar-refractivity contribution in [2.45, 2.75) is 6.42 Å². The molecule has 0 bridgehead atoms. The van der Waals surface area contributed by atoms with E-state index in [2.05, 4.69) is 5.32 Å². The highest BCUT2D eigenvalue weighted by Crippen LogP contribution is 2.14. The van der Waals surface area contributed by atoms with E-state index in [0.717, 1.165) is 6.42 Å². The summed E-state index contributed by atoms with van der Waals surface area (Å²) < 4.78 is 0. The third kappa shape index (κ3) is 6.92. The zero-order valence-electron chi connectivity index (χ0n) is 15.7. The molecule has 0 saturated heterocycles. The lowest BCUT2D eigenvalue weighted by molar-refractivity contribution is 0.0762. The second-order valence-electron chi connectivity index (χ2n) is 6.22. The van der Waals surface area contributed by atoms with Gasteiger partial charge in [-0.05, 0) is 30.2 Å². The molecule has 3 amide bonds. The molecule has 2 aromatic rings. The first kappa shape index (κ1) is 22.5. The summed E-state index contributed by atoms with van der Waals surface area (Å²) >= 11 is 0. The summed E-state index contributed by atoms with van der Waals surface area (Å²) in [6.07, 6.45) is 0.767. The molecule has 0 fully saturated rings. The van der Waals surface area contributed by atoms with Crippen LogP contribution in [0.15, 0.2) is 54.6 Å². The molecule has 0 aromatic heterocycles. The highest BCUT2D eigenvalue weighted by Gasteiger charge is 2.16. The van der Waals surface area contributed by atoms with Crippen LogP contribution >= 0.6 is 12.4 Å². The Bertz CT molecular complexity index is 738. The van der Waals surface area contributed by atoms with E-state index >= 15 is 0 Å². The molecule has 0 aliphatic carbocycles. The maximum atomic E-state index is 12.9. The standard InChI is InChI=1S/C20H26N4O2.ClH/c1-23(2)20(26)22-18-10-6-9-17(15-18)19(25)24(14-12-21)13-11-16-7-4-3-5-8-16;/h3-10,15H,11-14,21H2,1-2H3,(H,22,26);1H. The number of hydrogen-bond donors (Lipinski definition) is 2. The minimum Gasteiger partial charge on any atom is -0.337 e. The second kappa shape index (κ2) is 11.2. The SMILES string of the molecule is CN(C)C(=O)Nc1cccc(C(=O)N(CCN)CCc2ccccc2)c1.Cl. The summed E-state index contributed by atoms with van der Waals surface area (Å²) in [6.45, 7) is 1.48. The third-order valence-electron chi connectivity index (χ3n) is 3.97. The zero-order chi connectivity index (χ0) is 18.9. The van der Waals surface area contributed by atoms with Crippen molar-refractivity contribution in [3.8, 4) is 0 Å². The van der Waals surface area contributed by atoms with Crippen LogP contribution in [0.5, 0.6) is 0 Å². The summed E-state index contributed by atoms with van der Waals surface area (Å²) in [5.74, 6) is -0.0904. The fourth-order valence-corrected chi connectivity index (χ4v) is 2.53. The highest BCUT2D eigenvalue weighted by molar-refractivity contribution is 5.96. The van der Waals surface area contributed by atoms with Crippen molar-refractivity contribution in [2.24, 2.45) is 5.73 Å². The molecular formula is C20H27ClN4O2. The Morgan fingerprint density at radius 3 is 2.33 bits per heavy atom. The van der Waals surface area contributed by atoms with Crippen LogP contribution < -0.4 is 11.1 Å². The van der Waals surface area contributed by atoms with Crippen molar-refractivity contribution in [1.82, 2.24) is 9.80 Å². The number of nitrogens with one attached hydrogen (secondary N) is 1. The first-order chi connectivity index (χ1) is 12.5. The molecule has 0 aliphatic rings. The number of carbonyl (C=O) groups excluding carboxylic acids is 2. The van der Waals surface area contributed by atoms with Crippen LogP contribution in [0.4, 0.5) is 10.5 Å². The molecule has 0 atom stereocenters.